The minimum atomic E-state index is 1.10. The van der Waals surface area contributed by atoms with E-state index in [-0.39, 0.29) is 0 Å². The third-order valence-corrected chi connectivity index (χ3v) is 4.51. The molecule has 0 atom stereocenters. The monoisotopic (exact) mass is 313 g/mol. The van der Waals surface area contributed by atoms with Crippen molar-refractivity contribution in [1.29, 1.82) is 0 Å². The molecule has 0 heterocycles. The molecule has 0 N–H and O–H groups in total. The summed E-state index contributed by atoms with van der Waals surface area (Å²) in [4.78, 5) is 2.53. The van der Waals surface area contributed by atoms with Gasteiger partial charge in [0.05, 0.1) is 27.7 Å². The van der Waals surface area contributed by atoms with Crippen LogP contribution in [0.2, 0.25) is 0 Å². The molecule has 134 valence electrons. The normalized spacial score (nSPS) is 12.3. The van der Waals surface area contributed by atoms with Crippen molar-refractivity contribution in [2.45, 2.75) is 84.0 Å². The van der Waals surface area contributed by atoms with Crippen molar-refractivity contribution < 1.29 is 4.48 Å². The predicted octanol–water partition coefficient (Wildman–Crippen LogP) is 5.33. The zero-order valence-corrected chi connectivity index (χ0v) is 16.5. The van der Waals surface area contributed by atoms with E-state index >= 15 is 0 Å². The van der Waals surface area contributed by atoms with Gasteiger partial charge in [0.25, 0.3) is 0 Å². The molecule has 0 radical (unpaired) electrons. The van der Waals surface area contributed by atoms with Crippen LogP contribution in [0.3, 0.4) is 0 Å². The van der Waals surface area contributed by atoms with Crippen LogP contribution in [-0.2, 0) is 0 Å². The second kappa shape index (κ2) is 14.5. The zero-order valence-electron chi connectivity index (χ0n) is 16.5. The Bertz CT molecular complexity index is 220. The molecule has 2 nitrogen and oxygen atoms in total. The molecule has 2 heteroatoms. The van der Waals surface area contributed by atoms with Crippen molar-refractivity contribution in [3.63, 3.8) is 0 Å². The Morgan fingerprint density at radius 3 is 1.45 bits per heavy atom. The predicted molar refractivity (Wildman–Crippen MR) is 101 cm³/mol. The number of unbranched alkanes of at least 4 members (excludes halogenated alkanes) is 10. The Kier molecular flexibility index (Phi) is 14.5. The molecule has 0 fully saturated rings. The number of hydrogen-bond acceptors (Lipinski definition) is 1. The van der Waals surface area contributed by atoms with Crippen LogP contribution in [0.15, 0.2) is 0 Å². The average molecular weight is 314 g/mol. The molecule has 0 bridgehead atoms. The summed E-state index contributed by atoms with van der Waals surface area (Å²) in [6, 6.07) is 0. The SMILES string of the molecule is CCCCCCCCCCCCN(C)CCCC[N+](C)(C)C. The maximum atomic E-state index is 2.53. The molecule has 0 spiro atoms. The molecule has 22 heavy (non-hydrogen) atoms. The summed E-state index contributed by atoms with van der Waals surface area (Å²) in [7, 11) is 9.15. The first kappa shape index (κ1) is 21.9. The summed E-state index contributed by atoms with van der Waals surface area (Å²) in [5, 5.41) is 0. The lowest BCUT2D eigenvalue weighted by Crippen LogP contribution is -2.35. The molecule has 0 saturated heterocycles. The van der Waals surface area contributed by atoms with Gasteiger partial charge in [0.2, 0.25) is 0 Å². The fraction of sp³-hybridized carbons (Fsp3) is 1.00. The average Bonchev–Trinajstić information content (AvgIpc) is 2.44. The summed E-state index contributed by atoms with van der Waals surface area (Å²) >= 11 is 0. The minimum Gasteiger partial charge on any atom is -0.331 e. The van der Waals surface area contributed by atoms with Crippen molar-refractivity contribution in [2.24, 2.45) is 0 Å². The molecule has 0 aliphatic carbocycles. The fourth-order valence-electron chi connectivity index (χ4n) is 2.95. The van der Waals surface area contributed by atoms with Crippen LogP contribution in [0.1, 0.15) is 84.0 Å². The lowest BCUT2D eigenvalue weighted by Gasteiger charge is -2.24. The van der Waals surface area contributed by atoms with Gasteiger partial charge in [0.1, 0.15) is 0 Å². The van der Waals surface area contributed by atoms with Crippen LogP contribution in [0, 0.1) is 0 Å². The van der Waals surface area contributed by atoms with Crippen molar-refractivity contribution in [3.8, 4) is 0 Å². The third kappa shape index (κ3) is 18.0. The molecule has 0 rings (SSSR count). The molecule has 0 aliphatic heterocycles. The molecular formula is C20H45N2+. The van der Waals surface area contributed by atoms with Crippen LogP contribution >= 0.6 is 0 Å². The van der Waals surface area contributed by atoms with Crippen LogP contribution < -0.4 is 0 Å². The van der Waals surface area contributed by atoms with Gasteiger partial charge >= 0.3 is 0 Å². The Labute approximate surface area is 141 Å². The minimum absolute atomic E-state index is 1.10. The van der Waals surface area contributed by atoms with E-state index in [2.05, 4.69) is 40.0 Å². The molecule has 0 aromatic rings. The van der Waals surface area contributed by atoms with Gasteiger partial charge in [-0.1, -0.05) is 64.7 Å². The highest BCUT2D eigenvalue weighted by Gasteiger charge is 2.06. The number of hydrogen-bond donors (Lipinski definition) is 0. The quantitative estimate of drug-likeness (QED) is 0.275. The van der Waals surface area contributed by atoms with Gasteiger partial charge in [-0.2, -0.15) is 0 Å². The summed E-state index contributed by atoms with van der Waals surface area (Å²) < 4.78 is 1.10. The molecule has 0 unspecified atom stereocenters. The van der Waals surface area contributed by atoms with E-state index in [4.69, 9.17) is 0 Å². The van der Waals surface area contributed by atoms with E-state index < -0.39 is 0 Å². The van der Waals surface area contributed by atoms with Crippen LogP contribution in [0.25, 0.3) is 0 Å². The van der Waals surface area contributed by atoms with E-state index in [1.807, 2.05) is 0 Å². The van der Waals surface area contributed by atoms with Crippen molar-refractivity contribution in [1.82, 2.24) is 4.90 Å². The Hall–Kier alpha value is -0.0800. The van der Waals surface area contributed by atoms with Gasteiger partial charge in [0, 0.05) is 0 Å². The molecule has 0 aromatic carbocycles. The maximum Gasteiger partial charge on any atom is 0.0780 e. The highest BCUT2D eigenvalue weighted by molar-refractivity contribution is 4.54. The lowest BCUT2D eigenvalue weighted by molar-refractivity contribution is -0.870. The molecular weight excluding hydrogens is 268 g/mol. The van der Waals surface area contributed by atoms with Crippen LogP contribution in [-0.4, -0.2) is 57.2 Å². The van der Waals surface area contributed by atoms with Crippen molar-refractivity contribution >= 4 is 0 Å². The Balaban J connectivity index is 3.20. The third-order valence-electron chi connectivity index (χ3n) is 4.51. The summed E-state index contributed by atoms with van der Waals surface area (Å²) in [6.45, 7) is 6.16. The first-order chi connectivity index (χ1) is 10.5. The van der Waals surface area contributed by atoms with Gasteiger partial charge in [-0.25, -0.2) is 0 Å². The summed E-state index contributed by atoms with van der Waals surface area (Å²) in [5.74, 6) is 0. The van der Waals surface area contributed by atoms with Gasteiger partial charge in [0.15, 0.2) is 0 Å². The van der Waals surface area contributed by atoms with Gasteiger partial charge in [-0.05, 0) is 39.4 Å². The van der Waals surface area contributed by atoms with E-state index in [0.717, 1.165) is 4.48 Å². The lowest BCUT2D eigenvalue weighted by atomic mass is 10.1. The first-order valence-corrected chi connectivity index (χ1v) is 9.94. The van der Waals surface area contributed by atoms with Crippen LogP contribution in [0.5, 0.6) is 0 Å². The molecule has 0 saturated carbocycles. The molecule has 0 amide bonds. The van der Waals surface area contributed by atoms with Gasteiger partial charge in [-0.15, -0.1) is 0 Å². The van der Waals surface area contributed by atoms with E-state index in [0.29, 0.717) is 0 Å². The summed E-state index contributed by atoms with van der Waals surface area (Å²) in [5.41, 5.74) is 0. The Morgan fingerprint density at radius 1 is 0.591 bits per heavy atom. The second-order valence-corrected chi connectivity index (χ2v) is 8.21. The van der Waals surface area contributed by atoms with Gasteiger partial charge < -0.3 is 9.38 Å². The van der Waals surface area contributed by atoms with E-state index in [1.165, 1.54) is 96.7 Å². The number of quaternary nitrogens is 1. The topological polar surface area (TPSA) is 3.24 Å². The molecule has 0 aliphatic rings. The fourth-order valence-corrected chi connectivity index (χ4v) is 2.95. The van der Waals surface area contributed by atoms with E-state index in [1.54, 1.807) is 0 Å². The van der Waals surface area contributed by atoms with Gasteiger partial charge in [-0.3, -0.25) is 0 Å². The summed E-state index contributed by atoms with van der Waals surface area (Å²) in [6.07, 6.45) is 17.1. The standard InChI is InChI=1S/C20H45N2/c1-6-7-8-9-10-11-12-13-14-15-18-21(2)19-16-17-20-22(3,4)5/h6-20H2,1-5H3/q+1. The number of rotatable bonds is 16. The number of nitrogens with zero attached hydrogens (tertiary/aromatic N) is 2. The van der Waals surface area contributed by atoms with Crippen LogP contribution in [0.4, 0.5) is 0 Å². The van der Waals surface area contributed by atoms with Crippen molar-refractivity contribution in [2.75, 3.05) is 47.8 Å². The van der Waals surface area contributed by atoms with Crippen molar-refractivity contribution in [3.05, 3.63) is 0 Å². The largest absolute Gasteiger partial charge is 0.331 e. The molecule has 0 aromatic heterocycles. The zero-order chi connectivity index (χ0) is 16.7. The maximum absolute atomic E-state index is 2.53. The second-order valence-electron chi connectivity index (χ2n) is 8.21. The highest BCUT2D eigenvalue weighted by Crippen LogP contribution is 2.10. The smallest absolute Gasteiger partial charge is 0.0780 e. The first-order valence-electron chi connectivity index (χ1n) is 9.94. The Morgan fingerprint density at radius 2 is 1.00 bits per heavy atom. The van der Waals surface area contributed by atoms with E-state index in [9.17, 15) is 0 Å². The highest BCUT2D eigenvalue weighted by atomic mass is 15.3.